The molecular weight excluding hydrogens is 236 g/mol. The normalized spacial score (nSPS) is 34.8. The van der Waals surface area contributed by atoms with Gasteiger partial charge in [0.15, 0.2) is 0 Å². The van der Waals surface area contributed by atoms with Crippen molar-refractivity contribution in [2.75, 3.05) is 6.54 Å². The summed E-state index contributed by atoms with van der Waals surface area (Å²) in [4.78, 5) is 24.8. The minimum Gasteiger partial charge on any atom is -0.479 e. The average molecular weight is 256 g/mol. The Labute approximate surface area is 106 Å². The quantitative estimate of drug-likeness (QED) is 0.723. The van der Waals surface area contributed by atoms with E-state index in [4.69, 9.17) is 10.5 Å². The van der Waals surface area contributed by atoms with Gasteiger partial charge < -0.3 is 15.6 Å². The average Bonchev–Trinajstić information content (AvgIpc) is 2.88. The van der Waals surface area contributed by atoms with Crippen LogP contribution in [0.5, 0.6) is 0 Å². The van der Waals surface area contributed by atoms with E-state index in [2.05, 4.69) is 0 Å². The first kappa shape index (κ1) is 13.1. The van der Waals surface area contributed by atoms with Gasteiger partial charge in [-0.05, 0) is 39.5 Å². The smallest absolute Gasteiger partial charge is 0.411 e. The maximum Gasteiger partial charge on any atom is 0.411 e. The molecule has 1 saturated heterocycles. The zero-order valence-electron chi connectivity index (χ0n) is 11.0. The molecule has 3 N–H and O–H groups in total. The van der Waals surface area contributed by atoms with Gasteiger partial charge in [-0.1, -0.05) is 0 Å². The fourth-order valence-electron chi connectivity index (χ4n) is 2.69. The molecule has 1 saturated carbocycles. The van der Waals surface area contributed by atoms with Gasteiger partial charge in [0, 0.05) is 12.6 Å². The number of nitrogens with zero attached hydrogens (tertiary/aromatic N) is 1. The SMILES string of the molecule is CC(C)(C)OC(=O)N1CC(N)CC2CC21C(=O)O. The summed E-state index contributed by atoms with van der Waals surface area (Å²) in [5.41, 5.74) is 4.15. The van der Waals surface area contributed by atoms with Crippen LogP contribution in [0.4, 0.5) is 4.79 Å². The first-order valence-electron chi connectivity index (χ1n) is 6.16. The monoisotopic (exact) mass is 256 g/mol. The summed E-state index contributed by atoms with van der Waals surface area (Å²) in [5.74, 6) is -0.989. The lowest BCUT2D eigenvalue weighted by Gasteiger charge is -2.37. The zero-order chi connectivity index (χ0) is 13.7. The second-order valence-electron chi connectivity index (χ2n) is 6.22. The van der Waals surface area contributed by atoms with Crippen LogP contribution in [0.25, 0.3) is 0 Å². The van der Waals surface area contributed by atoms with Crippen molar-refractivity contribution in [2.45, 2.75) is 50.8 Å². The van der Waals surface area contributed by atoms with Crippen molar-refractivity contribution in [1.29, 1.82) is 0 Å². The maximum atomic E-state index is 12.1. The molecule has 102 valence electrons. The number of nitrogens with two attached hydrogens (primary N) is 1. The number of hydrogen-bond donors (Lipinski definition) is 2. The molecule has 6 nitrogen and oxygen atoms in total. The molecule has 1 aliphatic carbocycles. The molecule has 0 aromatic heterocycles. The molecule has 1 aliphatic heterocycles. The van der Waals surface area contributed by atoms with E-state index in [1.165, 1.54) is 4.90 Å². The van der Waals surface area contributed by atoms with Gasteiger partial charge in [0.05, 0.1) is 0 Å². The van der Waals surface area contributed by atoms with Gasteiger partial charge in [-0.3, -0.25) is 4.90 Å². The Morgan fingerprint density at radius 3 is 2.56 bits per heavy atom. The van der Waals surface area contributed by atoms with E-state index < -0.39 is 23.2 Å². The van der Waals surface area contributed by atoms with E-state index in [1.54, 1.807) is 20.8 Å². The van der Waals surface area contributed by atoms with Crippen molar-refractivity contribution in [2.24, 2.45) is 11.7 Å². The lowest BCUT2D eigenvalue weighted by Crippen LogP contribution is -2.57. The number of aliphatic carboxylic acids is 1. The standard InChI is InChI=1S/C12H20N2O4/c1-11(2,3)18-10(17)14-6-8(13)4-7-5-12(7,14)9(15)16/h7-8H,4-6,13H2,1-3H3,(H,15,16). The summed E-state index contributed by atoms with van der Waals surface area (Å²) in [6.45, 7) is 5.52. The molecule has 1 heterocycles. The zero-order valence-corrected chi connectivity index (χ0v) is 11.0. The molecular formula is C12H20N2O4. The van der Waals surface area contributed by atoms with Crippen molar-refractivity contribution >= 4 is 12.1 Å². The number of ether oxygens (including phenoxy) is 1. The lowest BCUT2D eigenvalue weighted by atomic mass is 9.99. The number of amides is 1. The fraction of sp³-hybridized carbons (Fsp3) is 0.833. The first-order valence-corrected chi connectivity index (χ1v) is 6.16. The predicted octanol–water partition coefficient (Wildman–Crippen LogP) is 0.798. The second-order valence-corrected chi connectivity index (χ2v) is 6.22. The summed E-state index contributed by atoms with van der Waals surface area (Å²) >= 11 is 0. The molecule has 6 heteroatoms. The van der Waals surface area contributed by atoms with E-state index >= 15 is 0 Å². The number of likely N-dealkylation sites (tertiary alicyclic amines) is 1. The molecule has 0 radical (unpaired) electrons. The summed E-state index contributed by atoms with van der Waals surface area (Å²) in [6, 6.07) is -0.169. The van der Waals surface area contributed by atoms with E-state index in [9.17, 15) is 14.7 Å². The third-order valence-electron chi connectivity index (χ3n) is 3.54. The minimum atomic E-state index is -1.07. The number of piperidine rings is 1. The van der Waals surface area contributed by atoms with Gasteiger partial charge in [-0.2, -0.15) is 0 Å². The number of fused-ring (bicyclic) bond motifs is 1. The highest BCUT2D eigenvalue weighted by atomic mass is 16.6. The highest BCUT2D eigenvalue weighted by Crippen LogP contribution is 2.54. The van der Waals surface area contributed by atoms with Gasteiger partial charge in [-0.25, -0.2) is 9.59 Å². The summed E-state index contributed by atoms with van der Waals surface area (Å²) in [5, 5.41) is 9.35. The van der Waals surface area contributed by atoms with Gasteiger partial charge in [-0.15, -0.1) is 0 Å². The van der Waals surface area contributed by atoms with Crippen LogP contribution in [0.1, 0.15) is 33.6 Å². The van der Waals surface area contributed by atoms with Crippen LogP contribution in [-0.2, 0) is 9.53 Å². The third kappa shape index (κ3) is 2.05. The van der Waals surface area contributed by atoms with Crippen LogP contribution in [0.3, 0.4) is 0 Å². The Bertz CT molecular complexity index is 390. The van der Waals surface area contributed by atoms with Crippen molar-refractivity contribution in [3.63, 3.8) is 0 Å². The molecule has 0 aromatic rings. The van der Waals surface area contributed by atoms with Gasteiger partial charge in [0.25, 0.3) is 0 Å². The molecule has 0 aromatic carbocycles. The van der Waals surface area contributed by atoms with E-state index in [0.29, 0.717) is 12.8 Å². The Morgan fingerprint density at radius 2 is 2.06 bits per heavy atom. The predicted molar refractivity (Wildman–Crippen MR) is 64.0 cm³/mol. The summed E-state index contributed by atoms with van der Waals surface area (Å²) in [7, 11) is 0. The summed E-state index contributed by atoms with van der Waals surface area (Å²) in [6.07, 6.45) is 0.559. The fourth-order valence-corrected chi connectivity index (χ4v) is 2.69. The third-order valence-corrected chi connectivity index (χ3v) is 3.54. The van der Waals surface area contributed by atoms with Crippen LogP contribution >= 0.6 is 0 Å². The Kier molecular flexibility index (Phi) is 2.81. The Hall–Kier alpha value is -1.30. The van der Waals surface area contributed by atoms with Crippen molar-refractivity contribution < 1.29 is 19.4 Å². The maximum absolute atomic E-state index is 12.1. The van der Waals surface area contributed by atoms with E-state index in [0.717, 1.165) is 0 Å². The van der Waals surface area contributed by atoms with E-state index in [1.807, 2.05) is 0 Å². The van der Waals surface area contributed by atoms with Crippen molar-refractivity contribution in [3.8, 4) is 0 Å². The number of carboxylic acids is 1. The highest BCUT2D eigenvalue weighted by molar-refractivity contribution is 5.88. The summed E-state index contributed by atoms with van der Waals surface area (Å²) < 4.78 is 5.27. The number of carbonyl (C=O) groups is 2. The molecule has 0 spiro atoms. The minimum absolute atomic E-state index is 0.0359. The van der Waals surface area contributed by atoms with Gasteiger partial charge in [0.2, 0.25) is 0 Å². The molecule has 18 heavy (non-hydrogen) atoms. The highest BCUT2D eigenvalue weighted by Gasteiger charge is 2.68. The van der Waals surface area contributed by atoms with Crippen LogP contribution < -0.4 is 5.73 Å². The van der Waals surface area contributed by atoms with Crippen LogP contribution in [0.2, 0.25) is 0 Å². The number of hydrogen-bond acceptors (Lipinski definition) is 4. The molecule has 0 bridgehead atoms. The Balaban J connectivity index is 2.18. The van der Waals surface area contributed by atoms with Gasteiger partial charge >= 0.3 is 12.1 Å². The van der Waals surface area contributed by atoms with E-state index in [-0.39, 0.29) is 18.5 Å². The second kappa shape index (κ2) is 3.85. The number of rotatable bonds is 1. The van der Waals surface area contributed by atoms with Gasteiger partial charge in [0.1, 0.15) is 11.1 Å². The number of carboxylic acid groups (broad SMARTS) is 1. The van der Waals surface area contributed by atoms with Crippen LogP contribution in [0, 0.1) is 5.92 Å². The van der Waals surface area contributed by atoms with Crippen molar-refractivity contribution in [1.82, 2.24) is 4.90 Å². The van der Waals surface area contributed by atoms with Crippen molar-refractivity contribution in [3.05, 3.63) is 0 Å². The molecule has 3 unspecified atom stereocenters. The topological polar surface area (TPSA) is 92.9 Å². The van der Waals surface area contributed by atoms with Crippen LogP contribution in [0.15, 0.2) is 0 Å². The Morgan fingerprint density at radius 1 is 1.44 bits per heavy atom. The molecule has 1 amide bonds. The largest absolute Gasteiger partial charge is 0.479 e. The molecule has 2 fully saturated rings. The molecule has 3 atom stereocenters. The van der Waals surface area contributed by atoms with Crippen LogP contribution in [-0.4, -0.2) is 45.8 Å². The number of carbonyl (C=O) groups excluding carboxylic acids is 1. The lowest BCUT2D eigenvalue weighted by molar-refractivity contribution is -0.146. The molecule has 2 aliphatic rings. The first-order chi connectivity index (χ1) is 8.17. The molecule has 2 rings (SSSR count).